The van der Waals surface area contributed by atoms with Crippen LogP contribution in [-0.4, -0.2) is 23.8 Å². The van der Waals surface area contributed by atoms with Gasteiger partial charge in [0.2, 0.25) is 0 Å². The number of hydrogen-bond acceptors (Lipinski definition) is 4. The van der Waals surface area contributed by atoms with E-state index in [2.05, 4.69) is 17.1 Å². The molecule has 4 nitrogen and oxygen atoms in total. The number of nitrogens with zero attached hydrogens (tertiary/aromatic N) is 3. The van der Waals surface area contributed by atoms with Gasteiger partial charge in [0, 0.05) is 25.7 Å². The molecular weight excluding hydrogens is 152 g/mol. The average molecular weight is 166 g/mol. The number of rotatable bonds is 3. The van der Waals surface area contributed by atoms with E-state index in [0.29, 0.717) is 6.54 Å². The molecule has 1 heterocycles. The summed E-state index contributed by atoms with van der Waals surface area (Å²) in [5.41, 5.74) is 6.59. The molecule has 0 spiro atoms. The quantitative estimate of drug-likeness (QED) is 0.705. The standard InChI is InChI=1S/C8H14N4/c1-3-12(2)8-7(6-9)4-5-10-11-8/h4-5H,3,6,9H2,1-2H3. The van der Waals surface area contributed by atoms with Gasteiger partial charge in [0.05, 0.1) is 6.20 Å². The van der Waals surface area contributed by atoms with E-state index in [1.54, 1.807) is 6.20 Å². The lowest BCUT2D eigenvalue weighted by Gasteiger charge is -2.17. The zero-order valence-corrected chi connectivity index (χ0v) is 7.49. The van der Waals surface area contributed by atoms with Crippen molar-refractivity contribution in [3.05, 3.63) is 17.8 Å². The van der Waals surface area contributed by atoms with Crippen molar-refractivity contribution in [1.29, 1.82) is 0 Å². The van der Waals surface area contributed by atoms with Gasteiger partial charge in [-0.2, -0.15) is 5.10 Å². The average Bonchev–Trinajstić information content (AvgIpc) is 2.16. The molecule has 1 rings (SSSR count). The van der Waals surface area contributed by atoms with Gasteiger partial charge in [-0.3, -0.25) is 0 Å². The van der Waals surface area contributed by atoms with Crippen LogP contribution in [0.2, 0.25) is 0 Å². The van der Waals surface area contributed by atoms with Gasteiger partial charge in [-0.1, -0.05) is 0 Å². The summed E-state index contributed by atoms with van der Waals surface area (Å²) in [6.45, 7) is 3.48. The first kappa shape index (κ1) is 8.93. The van der Waals surface area contributed by atoms with Crippen LogP contribution in [0.25, 0.3) is 0 Å². The molecule has 0 amide bonds. The highest BCUT2D eigenvalue weighted by molar-refractivity contribution is 5.44. The van der Waals surface area contributed by atoms with Crippen LogP contribution in [0, 0.1) is 0 Å². The third-order valence-electron chi connectivity index (χ3n) is 1.84. The van der Waals surface area contributed by atoms with Crippen molar-refractivity contribution < 1.29 is 0 Å². The number of hydrogen-bond donors (Lipinski definition) is 1. The minimum Gasteiger partial charge on any atom is -0.358 e. The largest absolute Gasteiger partial charge is 0.358 e. The molecule has 12 heavy (non-hydrogen) atoms. The summed E-state index contributed by atoms with van der Waals surface area (Å²) in [5.74, 6) is 0.877. The van der Waals surface area contributed by atoms with E-state index in [4.69, 9.17) is 5.73 Å². The second kappa shape index (κ2) is 4.01. The fourth-order valence-electron chi connectivity index (χ4n) is 0.981. The third kappa shape index (κ3) is 1.71. The smallest absolute Gasteiger partial charge is 0.155 e. The van der Waals surface area contributed by atoms with E-state index in [1.165, 1.54) is 0 Å². The monoisotopic (exact) mass is 166 g/mol. The number of aromatic nitrogens is 2. The van der Waals surface area contributed by atoms with E-state index in [1.807, 2.05) is 18.0 Å². The summed E-state index contributed by atoms with van der Waals surface area (Å²) in [5, 5.41) is 7.83. The Kier molecular flexibility index (Phi) is 2.99. The van der Waals surface area contributed by atoms with Crippen molar-refractivity contribution in [2.24, 2.45) is 5.73 Å². The molecule has 0 atom stereocenters. The molecule has 0 aliphatic carbocycles. The van der Waals surface area contributed by atoms with Crippen LogP contribution in [0.1, 0.15) is 12.5 Å². The summed E-state index contributed by atoms with van der Waals surface area (Å²) in [6, 6.07) is 1.90. The van der Waals surface area contributed by atoms with E-state index in [0.717, 1.165) is 17.9 Å². The van der Waals surface area contributed by atoms with Gasteiger partial charge in [0.25, 0.3) is 0 Å². The number of anilines is 1. The SMILES string of the molecule is CCN(C)c1nnccc1CN. The number of nitrogens with two attached hydrogens (primary N) is 1. The summed E-state index contributed by atoms with van der Waals surface area (Å²) in [6.07, 6.45) is 1.66. The molecule has 4 heteroatoms. The third-order valence-corrected chi connectivity index (χ3v) is 1.84. The molecule has 1 aromatic rings. The zero-order chi connectivity index (χ0) is 8.97. The summed E-state index contributed by atoms with van der Waals surface area (Å²) >= 11 is 0. The van der Waals surface area contributed by atoms with E-state index in [9.17, 15) is 0 Å². The van der Waals surface area contributed by atoms with Gasteiger partial charge < -0.3 is 10.6 Å². The van der Waals surface area contributed by atoms with Gasteiger partial charge in [0.1, 0.15) is 0 Å². The molecule has 0 saturated carbocycles. The Morgan fingerprint density at radius 2 is 2.33 bits per heavy atom. The molecule has 0 saturated heterocycles. The van der Waals surface area contributed by atoms with Crippen LogP contribution < -0.4 is 10.6 Å². The Labute approximate surface area is 72.4 Å². The summed E-state index contributed by atoms with van der Waals surface area (Å²) in [4.78, 5) is 2.02. The van der Waals surface area contributed by atoms with Crippen LogP contribution in [0.3, 0.4) is 0 Å². The van der Waals surface area contributed by atoms with Crippen LogP contribution in [0.15, 0.2) is 12.3 Å². The van der Waals surface area contributed by atoms with E-state index in [-0.39, 0.29) is 0 Å². The molecule has 0 aliphatic rings. The summed E-state index contributed by atoms with van der Waals surface area (Å²) in [7, 11) is 1.98. The first-order valence-corrected chi connectivity index (χ1v) is 4.01. The first-order valence-electron chi connectivity index (χ1n) is 4.01. The Hall–Kier alpha value is -1.16. The Morgan fingerprint density at radius 1 is 1.58 bits per heavy atom. The molecule has 2 N–H and O–H groups in total. The summed E-state index contributed by atoms with van der Waals surface area (Å²) < 4.78 is 0. The molecule has 0 aliphatic heterocycles. The molecule has 0 radical (unpaired) electrons. The Balaban J connectivity index is 2.96. The van der Waals surface area contributed by atoms with Crippen molar-refractivity contribution >= 4 is 5.82 Å². The van der Waals surface area contributed by atoms with Gasteiger partial charge in [-0.05, 0) is 13.0 Å². The molecule has 1 aromatic heterocycles. The second-order valence-corrected chi connectivity index (χ2v) is 2.60. The minimum atomic E-state index is 0.509. The van der Waals surface area contributed by atoms with Crippen LogP contribution in [0.5, 0.6) is 0 Å². The Morgan fingerprint density at radius 3 is 2.92 bits per heavy atom. The van der Waals surface area contributed by atoms with Crippen molar-refractivity contribution in [2.45, 2.75) is 13.5 Å². The topological polar surface area (TPSA) is 55.0 Å². The maximum absolute atomic E-state index is 5.55. The highest BCUT2D eigenvalue weighted by atomic mass is 15.2. The maximum Gasteiger partial charge on any atom is 0.155 e. The van der Waals surface area contributed by atoms with Crippen molar-refractivity contribution in [2.75, 3.05) is 18.5 Å². The lowest BCUT2D eigenvalue weighted by Crippen LogP contribution is -2.20. The lowest BCUT2D eigenvalue weighted by molar-refractivity contribution is 0.867. The highest BCUT2D eigenvalue weighted by Crippen LogP contribution is 2.12. The molecule has 0 aromatic carbocycles. The Bertz CT molecular complexity index is 249. The molecular formula is C8H14N4. The van der Waals surface area contributed by atoms with Gasteiger partial charge in [-0.25, -0.2) is 0 Å². The minimum absolute atomic E-state index is 0.509. The van der Waals surface area contributed by atoms with Crippen LogP contribution in [0.4, 0.5) is 5.82 Å². The van der Waals surface area contributed by atoms with Gasteiger partial charge >= 0.3 is 0 Å². The molecule has 0 fully saturated rings. The highest BCUT2D eigenvalue weighted by Gasteiger charge is 2.05. The van der Waals surface area contributed by atoms with Crippen LogP contribution in [-0.2, 0) is 6.54 Å². The molecule has 0 bridgehead atoms. The second-order valence-electron chi connectivity index (χ2n) is 2.60. The molecule has 0 unspecified atom stereocenters. The fraction of sp³-hybridized carbons (Fsp3) is 0.500. The lowest BCUT2D eigenvalue weighted by atomic mass is 10.2. The van der Waals surface area contributed by atoms with Crippen molar-refractivity contribution in [1.82, 2.24) is 10.2 Å². The predicted octanol–water partition coefficient (Wildman–Crippen LogP) is 0.391. The van der Waals surface area contributed by atoms with E-state index >= 15 is 0 Å². The maximum atomic E-state index is 5.55. The first-order chi connectivity index (χ1) is 5.79. The van der Waals surface area contributed by atoms with Crippen molar-refractivity contribution in [3.8, 4) is 0 Å². The van der Waals surface area contributed by atoms with Gasteiger partial charge in [0.15, 0.2) is 5.82 Å². The van der Waals surface area contributed by atoms with Gasteiger partial charge in [-0.15, -0.1) is 5.10 Å². The van der Waals surface area contributed by atoms with Crippen molar-refractivity contribution in [3.63, 3.8) is 0 Å². The zero-order valence-electron chi connectivity index (χ0n) is 7.49. The van der Waals surface area contributed by atoms with Crippen LogP contribution >= 0.6 is 0 Å². The van der Waals surface area contributed by atoms with E-state index < -0.39 is 0 Å². The fourth-order valence-corrected chi connectivity index (χ4v) is 0.981. The normalized spacial score (nSPS) is 9.92. The molecule has 66 valence electrons. The predicted molar refractivity (Wildman–Crippen MR) is 48.9 cm³/mol.